The molecule has 0 unspecified atom stereocenters. The molecule has 0 aliphatic rings. The standard InChI is InChI=1S/C16H14O3/c1-11-3-6-14(9-12(11)2)16(18)19-15-7-4-13(10-17)5-8-15/h3-10H,1-2H3. The Morgan fingerprint density at radius 3 is 2.26 bits per heavy atom. The number of rotatable bonds is 3. The van der Waals surface area contributed by atoms with Crippen LogP contribution in [0.1, 0.15) is 31.8 Å². The van der Waals surface area contributed by atoms with Gasteiger partial charge in [-0.2, -0.15) is 0 Å². The average Bonchev–Trinajstić information content (AvgIpc) is 2.42. The lowest BCUT2D eigenvalue weighted by molar-refractivity contribution is 0.0734. The van der Waals surface area contributed by atoms with E-state index in [4.69, 9.17) is 4.74 Å². The molecular weight excluding hydrogens is 240 g/mol. The molecule has 2 aromatic carbocycles. The minimum atomic E-state index is -0.401. The Hall–Kier alpha value is -2.42. The molecule has 0 saturated carbocycles. The van der Waals surface area contributed by atoms with Crippen LogP contribution in [0.25, 0.3) is 0 Å². The highest BCUT2D eigenvalue weighted by atomic mass is 16.5. The number of hydrogen-bond acceptors (Lipinski definition) is 3. The lowest BCUT2D eigenvalue weighted by Gasteiger charge is -2.06. The van der Waals surface area contributed by atoms with Gasteiger partial charge in [0.05, 0.1) is 5.56 Å². The van der Waals surface area contributed by atoms with Gasteiger partial charge in [0, 0.05) is 5.56 Å². The highest BCUT2D eigenvalue weighted by molar-refractivity contribution is 5.91. The maximum absolute atomic E-state index is 11.9. The first-order valence-corrected chi connectivity index (χ1v) is 5.95. The van der Waals surface area contributed by atoms with E-state index in [9.17, 15) is 9.59 Å². The Morgan fingerprint density at radius 1 is 1.00 bits per heavy atom. The van der Waals surface area contributed by atoms with E-state index in [2.05, 4.69) is 0 Å². The molecule has 0 fully saturated rings. The third kappa shape index (κ3) is 3.07. The molecule has 0 radical (unpaired) electrons. The van der Waals surface area contributed by atoms with Crippen molar-refractivity contribution in [2.45, 2.75) is 13.8 Å². The van der Waals surface area contributed by atoms with Crippen molar-refractivity contribution in [3.63, 3.8) is 0 Å². The Kier molecular flexibility index (Phi) is 3.76. The lowest BCUT2D eigenvalue weighted by Crippen LogP contribution is -2.08. The Balaban J connectivity index is 2.15. The number of carbonyl (C=O) groups excluding carboxylic acids is 2. The summed E-state index contributed by atoms with van der Waals surface area (Å²) >= 11 is 0. The summed E-state index contributed by atoms with van der Waals surface area (Å²) in [6.07, 6.45) is 0.745. The zero-order valence-electron chi connectivity index (χ0n) is 10.8. The van der Waals surface area contributed by atoms with Gasteiger partial charge >= 0.3 is 5.97 Å². The molecule has 0 N–H and O–H groups in total. The molecule has 0 aliphatic heterocycles. The van der Waals surface area contributed by atoms with E-state index in [1.54, 1.807) is 36.4 Å². The number of esters is 1. The van der Waals surface area contributed by atoms with Crippen molar-refractivity contribution in [3.05, 3.63) is 64.7 Å². The minimum Gasteiger partial charge on any atom is -0.423 e. The van der Waals surface area contributed by atoms with Crippen LogP contribution in [0.3, 0.4) is 0 Å². The molecule has 96 valence electrons. The second kappa shape index (κ2) is 5.48. The van der Waals surface area contributed by atoms with Crippen molar-refractivity contribution in [2.24, 2.45) is 0 Å². The topological polar surface area (TPSA) is 43.4 Å². The highest BCUT2D eigenvalue weighted by Crippen LogP contribution is 2.15. The van der Waals surface area contributed by atoms with Gasteiger partial charge in [-0.3, -0.25) is 4.79 Å². The second-order valence-electron chi connectivity index (χ2n) is 4.38. The fourth-order valence-electron chi connectivity index (χ4n) is 1.65. The molecule has 2 aromatic rings. The molecule has 0 bridgehead atoms. The van der Waals surface area contributed by atoms with Gasteiger partial charge in [-0.15, -0.1) is 0 Å². The number of benzene rings is 2. The van der Waals surface area contributed by atoms with Crippen molar-refractivity contribution in [3.8, 4) is 5.75 Å². The first-order valence-electron chi connectivity index (χ1n) is 5.95. The zero-order chi connectivity index (χ0) is 13.8. The van der Waals surface area contributed by atoms with Crippen molar-refractivity contribution >= 4 is 12.3 Å². The summed E-state index contributed by atoms with van der Waals surface area (Å²) in [5.41, 5.74) is 3.24. The molecule has 0 spiro atoms. The third-order valence-electron chi connectivity index (χ3n) is 2.97. The first kappa shape index (κ1) is 13.0. The van der Waals surface area contributed by atoms with Gasteiger partial charge in [-0.05, 0) is 61.4 Å². The molecule has 2 rings (SSSR count). The van der Waals surface area contributed by atoms with Crippen LogP contribution >= 0.6 is 0 Å². The van der Waals surface area contributed by atoms with Gasteiger partial charge in [-0.25, -0.2) is 4.79 Å². The molecule has 0 atom stereocenters. The summed E-state index contributed by atoms with van der Waals surface area (Å²) in [6.45, 7) is 3.94. The van der Waals surface area contributed by atoms with E-state index < -0.39 is 5.97 Å². The summed E-state index contributed by atoms with van der Waals surface area (Å²) in [5, 5.41) is 0. The van der Waals surface area contributed by atoms with Crippen LogP contribution in [-0.2, 0) is 0 Å². The van der Waals surface area contributed by atoms with E-state index in [-0.39, 0.29) is 0 Å². The molecule has 3 heteroatoms. The molecule has 0 aromatic heterocycles. The molecule has 0 saturated heterocycles. The van der Waals surface area contributed by atoms with Gasteiger partial charge in [0.25, 0.3) is 0 Å². The van der Waals surface area contributed by atoms with Crippen molar-refractivity contribution in [1.82, 2.24) is 0 Å². The number of aryl methyl sites for hydroxylation is 2. The van der Waals surface area contributed by atoms with Crippen LogP contribution in [0.5, 0.6) is 5.75 Å². The quantitative estimate of drug-likeness (QED) is 0.479. The summed E-state index contributed by atoms with van der Waals surface area (Å²) in [7, 11) is 0. The maximum atomic E-state index is 11.9. The van der Waals surface area contributed by atoms with Gasteiger partial charge < -0.3 is 4.74 Å². The van der Waals surface area contributed by atoms with Crippen LogP contribution in [0.4, 0.5) is 0 Å². The predicted octanol–water partition coefficient (Wildman–Crippen LogP) is 3.34. The van der Waals surface area contributed by atoms with Crippen molar-refractivity contribution < 1.29 is 14.3 Å². The van der Waals surface area contributed by atoms with Crippen LogP contribution < -0.4 is 4.74 Å². The second-order valence-corrected chi connectivity index (χ2v) is 4.38. The van der Waals surface area contributed by atoms with E-state index in [0.29, 0.717) is 16.9 Å². The average molecular weight is 254 g/mol. The molecule has 0 amide bonds. The van der Waals surface area contributed by atoms with E-state index in [1.165, 1.54) is 0 Å². The van der Waals surface area contributed by atoms with Gasteiger partial charge in [-0.1, -0.05) is 6.07 Å². The predicted molar refractivity (Wildman–Crippen MR) is 72.7 cm³/mol. The molecule has 0 heterocycles. The number of carbonyl (C=O) groups is 2. The van der Waals surface area contributed by atoms with Crippen molar-refractivity contribution in [2.75, 3.05) is 0 Å². The molecule has 19 heavy (non-hydrogen) atoms. The lowest BCUT2D eigenvalue weighted by atomic mass is 10.1. The highest BCUT2D eigenvalue weighted by Gasteiger charge is 2.09. The van der Waals surface area contributed by atoms with Crippen molar-refractivity contribution in [1.29, 1.82) is 0 Å². The molecule has 0 aliphatic carbocycles. The van der Waals surface area contributed by atoms with Gasteiger partial charge in [0.15, 0.2) is 0 Å². The maximum Gasteiger partial charge on any atom is 0.343 e. The summed E-state index contributed by atoms with van der Waals surface area (Å²) in [6, 6.07) is 11.8. The Labute approximate surface area is 111 Å². The van der Waals surface area contributed by atoms with Gasteiger partial charge in [0.2, 0.25) is 0 Å². The monoisotopic (exact) mass is 254 g/mol. The summed E-state index contributed by atoms with van der Waals surface area (Å²) < 4.78 is 5.24. The third-order valence-corrected chi connectivity index (χ3v) is 2.97. The first-order chi connectivity index (χ1) is 9.10. The SMILES string of the molecule is Cc1ccc(C(=O)Oc2ccc(C=O)cc2)cc1C. The van der Waals surface area contributed by atoms with E-state index in [1.807, 2.05) is 19.9 Å². The largest absolute Gasteiger partial charge is 0.423 e. The van der Waals surface area contributed by atoms with Crippen LogP contribution in [0.2, 0.25) is 0 Å². The normalized spacial score (nSPS) is 10.0. The van der Waals surface area contributed by atoms with E-state index >= 15 is 0 Å². The minimum absolute atomic E-state index is 0.401. The summed E-state index contributed by atoms with van der Waals surface area (Å²) in [5.74, 6) is 0.0239. The fourth-order valence-corrected chi connectivity index (χ4v) is 1.65. The number of aldehydes is 1. The smallest absolute Gasteiger partial charge is 0.343 e. The van der Waals surface area contributed by atoms with Crippen LogP contribution in [0.15, 0.2) is 42.5 Å². The van der Waals surface area contributed by atoms with Gasteiger partial charge in [0.1, 0.15) is 12.0 Å². The number of ether oxygens (including phenoxy) is 1. The van der Waals surface area contributed by atoms with E-state index in [0.717, 1.165) is 17.4 Å². The molecule has 3 nitrogen and oxygen atoms in total. The Morgan fingerprint density at radius 2 is 1.68 bits per heavy atom. The summed E-state index contributed by atoms with van der Waals surface area (Å²) in [4.78, 5) is 22.5. The fraction of sp³-hybridized carbons (Fsp3) is 0.125. The zero-order valence-corrected chi connectivity index (χ0v) is 10.8. The van der Waals surface area contributed by atoms with Crippen LogP contribution in [0, 0.1) is 13.8 Å². The molecular formula is C16H14O3. The Bertz CT molecular complexity index is 612. The van der Waals surface area contributed by atoms with Crippen LogP contribution in [-0.4, -0.2) is 12.3 Å². The number of hydrogen-bond donors (Lipinski definition) is 0.